The number of nitro benzene ring substituents is 1. The predicted octanol–water partition coefficient (Wildman–Crippen LogP) is 2.81. The van der Waals surface area contributed by atoms with Gasteiger partial charge in [0.2, 0.25) is 0 Å². The highest BCUT2D eigenvalue weighted by Crippen LogP contribution is 2.29. The van der Waals surface area contributed by atoms with Crippen molar-refractivity contribution in [2.45, 2.75) is 63.1 Å². The summed E-state index contributed by atoms with van der Waals surface area (Å²) in [7, 11) is 0. The molecule has 1 aromatic rings. The molecule has 3 N–H and O–H groups in total. The summed E-state index contributed by atoms with van der Waals surface area (Å²) < 4.78 is 0. The van der Waals surface area contributed by atoms with E-state index >= 15 is 0 Å². The first kappa shape index (κ1) is 17.2. The number of hydrogen-bond donors (Lipinski definition) is 2. The van der Waals surface area contributed by atoms with Gasteiger partial charge in [0.1, 0.15) is 0 Å². The van der Waals surface area contributed by atoms with Crippen LogP contribution in [0.25, 0.3) is 0 Å². The van der Waals surface area contributed by atoms with Crippen molar-refractivity contribution in [3.05, 3.63) is 34.4 Å². The number of piperidine rings is 1. The first-order valence-electron chi connectivity index (χ1n) is 9.00. The molecule has 0 aromatic heterocycles. The Balaban J connectivity index is 1.67. The molecule has 3 atom stereocenters. The van der Waals surface area contributed by atoms with Crippen molar-refractivity contribution in [3.8, 4) is 0 Å². The lowest BCUT2D eigenvalue weighted by molar-refractivity contribution is -0.384. The van der Waals surface area contributed by atoms with Crippen LogP contribution in [0.5, 0.6) is 0 Å². The topological polar surface area (TPSA) is 84.4 Å². The summed E-state index contributed by atoms with van der Waals surface area (Å²) in [6, 6.07) is 7.55. The van der Waals surface area contributed by atoms with E-state index in [0.29, 0.717) is 6.04 Å². The number of benzene rings is 1. The summed E-state index contributed by atoms with van der Waals surface area (Å²) in [6.07, 6.45) is 7.02. The lowest BCUT2D eigenvalue weighted by Crippen LogP contribution is -2.62. The first-order valence-corrected chi connectivity index (χ1v) is 9.00. The molecule has 2 fully saturated rings. The average Bonchev–Trinajstić information content (AvgIpc) is 2.57. The Labute approximate surface area is 143 Å². The number of anilines is 1. The smallest absolute Gasteiger partial charge is 0.269 e. The third kappa shape index (κ3) is 3.87. The van der Waals surface area contributed by atoms with Gasteiger partial charge in [0.15, 0.2) is 0 Å². The minimum absolute atomic E-state index is 0.0413. The van der Waals surface area contributed by atoms with E-state index in [2.05, 4.69) is 17.1 Å². The molecule has 3 rings (SSSR count). The number of nitrogens with zero attached hydrogens (tertiary/aromatic N) is 2. The zero-order chi connectivity index (χ0) is 17.2. The Morgan fingerprint density at radius 3 is 2.62 bits per heavy atom. The highest BCUT2D eigenvalue weighted by atomic mass is 16.6. The van der Waals surface area contributed by atoms with Crippen LogP contribution in [-0.4, -0.2) is 35.6 Å². The van der Waals surface area contributed by atoms with Crippen molar-refractivity contribution in [1.29, 1.82) is 0 Å². The SMILES string of the molecule is C[C@]1(N[C@@H]2CCCC[C@H]2N)CCCN(c2ccc([N+](=O)[O-])cc2)C1. The van der Waals surface area contributed by atoms with Crippen LogP contribution < -0.4 is 16.0 Å². The Morgan fingerprint density at radius 2 is 1.96 bits per heavy atom. The molecule has 1 aliphatic carbocycles. The largest absolute Gasteiger partial charge is 0.370 e. The van der Waals surface area contributed by atoms with Crippen LogP contribution in [0.2, 0.25) is 0 Å². The molecule has 132 valence electrons. The zero-order valence-corrected chi connectivity index (χ0v) is 14.4. The highest BCUT2D eigenvalue weighted by Gasteiger charge is 2.35. The second kappa shape index (κ2) is 7.07. The molecular weight excluding hydrogens is 304 g/mol. The Kier molecular flexibility index (Phi) is 5.06. The molecule has 6 nitrogen and oxygen atoms in total. The lowest BCUT2D eigenvalue weighted by atomic mass is 9.85. The Morgan fingerprint density at radius 1 is 1.25 bits per heavy atom. The van der Waals surface area contributed by atoms with Gasteiger partial charge in [-0.2, -0.15) is 0 Å². The van der Waals surface area contributed by atoms with Gasteiger partial charge in [-0.25, -0.2) is 0 Å². The number of hydrogen-bond acceptors (Lipinski definition) is 5. The number of nitrogens with two attached hydrogens (primary N) is 1. The minimum atomic E-state index is -0.351. The summed E-state index contributed by atoms with van der Waals surface area (Å²) in [5.41, 5.74) is 7.55. The number of nitrogens with one attached hydrogen (secondary N) is 1. The molecule has 0 amide bonds. The molecule has 1 saturated carbocycles. The summed E-state index contributed by atoms with van der Waals surface area (Å²) in [5.74, 6) is 0. The third-order valence-electron chi connectivity index (χ3n) is 5.48. The van der Waals surface area contributed by atoms with E-state index in [9.17, 15) is 10.1 Å². The molecule has 0 radical (unpaired) electrons. The first-order chi connectivity index (χ1) is 11.5. The van der Waals surface area contributed by atoms with Crippen LogP contribution in [-0.2, 0) is 0 Å². The van der Waals surface area contributed by atoms with E-state index in [0.717, 1.165) is 44.5 Å². The van der Waals surface area contributed by atoms with Gasteiger partial charge in [-0.1, -0.05) is 12.8 Å². The summed E-state index contributed by atoms with van der Waals surface area (Å²) in [5, 5.41) is 14.7. The molecule has 1 aromatic carbocycles. The van der Waals surface area contributed by atoms with Crippen molar-refractivity contribution in [2.24, 2.45) is 5.73 Å². The molecule has 24 heavy (non-hydrogen) atoms. The summed E-state index contributed by atoms with van der Waals surface area (Å²) >= 11 is 0. The van der Waals surface area contributed by atoms with Gasteiger partial charge in [-0.3, -0.25) is 10.1 Å². The fourth-order valence-corrected chi connectivity index (χ4v) is 4.15. The molecule has 0 unspecified atom stereocenters. The van der Waals surface area contributed by atoms with Crippen molar-refractivity contribution in [1.82, 2.24) is 5.32 Å². The van der Waals surface area contributed by atoms with Crippen LogP contribution >= 0.6 is 0 Å². The number of non-ortho nitro benzene ring substituents is 1. The van der Waals surface area contributed by atoms with Gasteiger partial charge in [0.25, 0.3) is 5.69 Å². The van der Waals surface area contributed by atoms with E-state index in [4.69, 9.17) is 5.73 Å². The van der Waals surface area contributed by atoms with Crippen molar-refractivity contribution in [2.75, 3.05) is 18.0 Å². The fraction of sp³-hybridized carbons (Fsp3) is 0.667. The van der Waals surface area contributed by atoms with Crippen molar-refractivity contribution < 1.29 is 4.92 Å². The van der Waals surface area contributed by atoms with Crippen molar-refractivity contribution in [3.63, 3.8) is 0 Å². The van der Waals surface area contributed by atoms with Gasteiger partial charge >= 0.3 is 0 Å². The van der Waals surface area contributed by atoms with Gasteiger partial charge in [-0.15, -0.1) is 0 Å². The second-order valence-electron chi connectivity index (χ2n) is 7.56. The Bertz CT molecular complexity index is 577. The molecule has 1 heterocycles. The number of nitro groups is 1. The molecule has 1 aliphatic heterocycles. The molecular formula is C18H28N4O2. The standard InChI is InChI=1S/C18H28N4O2/c1-18(20-17-6-3-2-5-16(17)19)11-4-12-21(13-18)14-7-9-15(10-8-14)22(23)24/h7-10,16-17,20H,2-6,11-13,19H2,1H3/t16-,17-,18+/m1/s1. The normalized spacial score (nSPS) is 31.0. The van der Waals surface area contributed by atoms with E-state index in [-0.39, 0.29) is 22.2 Å². The zero-order valence-electron chi connectivity index (χ0n) is 14.4. The molecule has 0 bridgehead atoms. The summed E-state index contributed by atoms with van der Waals surface area (Å²) in [6.45, 7) is 4.19. The van der Waals surface area contributed by atoms with Crippen LogP contribution in [0.15, 0.2) is 24.3 Å². The molecule has 0 spiro atoms. The van der Waals surface area contributed by atoms with E-state index in [1.807, 2.05) is 12.1 Å². The maximum absolute atomic E-state index is 10.8. The number of rotatable bonds is 4. The predicted molar refractivity (Wildman–Crippen MR) is 96.3 cm³/mol. The maximum atomic E-state index is 10.8. The maximum Gasteiger partial charge on any atom is 0.269 e. The van der Waals surface area contributed by atoms with Crippen LogP contribution in [0.3, 0.4) is 0 Å². The van der Waals surface area contributed by atoms with Gasteiger partial charge in [0.05, 0.1) is 4.92 Å². The molecule has 2 aliphatic rings. The average molecular weight is 332 g/mol. The van der Waals surface area contributed by atoms with Crippen LogP contribution in [0.1, 0.15) is 45.4 Å². The monoisotopic (exact) mass is 332 g/mol. The molecule has 6 heteroatoms. The lowest BCUT2D eigenvalue weighted by Gasteiger charge is -2.46. The fourth-order valence-electron chi connectivity index (χ4n) is 4.15. The van der Waals surface area contributed by atoms with E-state index < -0.39 is 0 Å². The molecule has 1 saturated heterocycles. The minimum Gasteiger partial charge on any atom is -0.370 e. The quantitative estimate of drug-likeness (QED) is 0.654. The van der Waals surface area contributed by atoms with E-state index in [1.165, 1.54) is 12.8 Å². The van der Waals surface area contributed by atoms with Crippen molar-refractivity contribution >= 4 is 11.4 Å². The summed E-state index contributed by atoms with van der Waals surface area (Å²) in [4.78, 5) is 12.8. The Hall–Kier alpha value is -1.66. The van der Waals surface area contributed by atoms with E-state index in [1.54, 1.807) is 12.1 Å². The van der Waals surface area contributed by atoms with Gasteiger partial charge < -0.3 is 16.0 Å². The third-order valence-corrected chi connectivity index (χ3v) is 5.48. The van der Waals surface area contributed by atoms with Gasteiger partial charge in [-0.05, 0) is 44.7 Å². The van der Waals surface area contributed by atoms with Crippen LogP contribution in [0, 0.1) is 10.1 Å². The van der Waals surface area contributed by atoms with Gasteiger partial charge in [0, 0.05) is 48.5 Å². The van der Waals surface area contributed by atoms with Crippen LogP contribution in [0.4, 0.5) is 11.4 Å². The second-order valence-corrected chi connectivity index (χ2v) is 7.56. The highest BCUT2D eigenvalue weighted by molar-refractivity contribution is 5.51.